The molecule has 0 amide bonds. The Balaban J connectivity index is 1.72. The fraction of sp³-hybridized carbons (Fsp3) is 1.00. The van der Waals surface area contributed by atoms with Crippen LogP contribution < -0.4 is 5.32 Å². The van der Waals surface area contributed by atoms with Crippen molar-refractivity contribution in [2.24, 2.45) is 5.92 Å². The molecule has 3 nitrogen and oxygen atoms in total. The fourth-order valence-corrected chi connectivity index (χ4v) is 3.40. The Bertz CT molecular complexity index is 314. The second-order valence-corrected chi connectivity index (χ2v) is 6.70. The minimum absolute atomic E-state index is 0.0280. The molecule has 1 saturated heterocycles. The zero-order valence-corrected chi connectivity index (χ0v) is 13.1. The molecule has 124 valence electrons. The monoisotopic (exact) mass is 307 g/mol. The van der Waals surface area contributed by atoms with E-state index in [1.165, 1.54) is 0 Å². The predicted molar refractivity (Wildman–Crippen MR) is 78.3 cm³/mol. The molecular weight excluding hydrogens is 279 g/mol. The number of halogens is 3. The Morgan fingerprint density at radius 3 is 2.43 bits per heavy atom. The maximum Gasteiger partial charge on any atom is 0.391 e. The summed E-state index contributed by atoms with van der Waals surface area (Å²) in [5.74, 6) is -1.11. The maximum atomic E-state index is 12.8. The number of piperazine rings is 1. The molecule has 6 heteroatoms. The van der Waals surface area contributed by atoms with E-state index >= 15 is 0 Å². The molecule has 0 bridgehead atoms. The third kappa shape index (κ3) is 5.11. The third-order valence-electron chi connectivity index (χ3n) is 5.00. The molecule has 0 aromatic carbocycles. The van der Waals surface area contributed by atoms with Crippen molar-refractivity contribution < 1.29 is 13.2 Å². The number of rotatable bonds is 4. The molecule has 2 aliphatic rings. The first-order valence-electron chi connectivity index (χ1n) is 8.09. The highest BCUT2D eigenvalue weighted by Crippen LogP contribution is 2.37. The van der Waals surface area contributed by atoms with Gasteiger partial charge in [-0.15, -0.1) is 0 Å². The Kier molecular flexibility index (Phi) is 5.91. The first-order chi connectivity index (χ1) is 9.86. The highest BCUT2D eigenvalue weighted by Gasteiger charge is 2.42. The van der Waals surface area contributed by atoms with Gasteiger partial charge < -0.3 is 10.2 Å². The van der Waals surface area contributed by atoms with E-state index in [1.807, 2.05) is 0 Å². The van der Waals surface area contributed by atoms with E-state index in [0.717, 1.165) is 39.1 Å². The number of alkyl halides is 3. The molecule has 0 spiro atoms. The van der Waals surface area contributed by atoms with Crippen LogP contribution in [-0.2, 0) is 0 Å². The van der Waals surface area contributed by atoms with Crippen molar-refractivity contribution in [2.45, 2.75) is 50.9 Å². The molecule has 0 radical (unpaired) electrons. The summed E-state index contributed by atoms with van der Waals surface area (Å²) in [6.07, 6.45) is -1.91. The fourth-order valence-electron chi connectivity index (χ4n) is 3.40. The molecule has 3 atom stereocenters. The lowest BCUT2D eigenvalue weighted by Gasteiger charge is -2.38. The zero-order valence-electron chi connectivity index (χ0n) is 13.1. The summed E-state index contributed by atoms with van der Waals surface area (Å²) in [4.78, 5) is 4.74. The number of likely N-dealkylation sites (N-methyl/N-ethyl adjacent to an activating group) is 1. The summed E-state index contributed by atoms with van der Waals surface area (Å²) in [7, 11) is 2.12. The van der Waals surface area contributed by atoms with Crippen LogP contribution in [0.1, 0.15) is 32.6 Å². The van der Waals surface area contributed by atoms with E-state index in [2.05, 4.69) is 29.1 Å². The van der Waals surface area contributed by atoms with Gasteiger partial charge in [-0.25, -0.2) is 0 Å². The van der Waals surface area contributed by atoms with Gasteiger partial charge in [0, 0.05) is 44.8 Å². The van der Waals surface area contributed by atoms with Crippen molar-refractivity contribution in [3.63, 3.8) is 0 Å². The summed E-state index contributed by atoms with van der Waals surface area (Å²) >= 11 is 0. The molecule has 21 heavy (non-hydrogen) atoms. The van der Waals surface area contributed by atoms with Gasteiger partial charge in [-0.1, -0.05) is 6.42 Å². The number of hydrogen-bond donors (Lipinski definition) is 1. The van der Waals surface area contributed by atoms with Crippen LogP contribution in [0, 0.1) is 5.92 Å². The maximum absolute atomic E-state index is 12.8. The van der Waals surface area contributed by atoms with Gasteiger partial charge in [0.15, 0.2) is 0 Å². The molecule has 0 aromatic heterocycles. The van der Waals surface area contributed by atoms with Gasteiger partial charge in [0.1, 0.15) is 0 Å². The Morgan fingerprint density at radius 2 is 1.81 bits per heavy atom. The van der Waals surface area contributed by atoms with Gasteiger partial charge in [0.05, 0.1) is 5.92 Å². The minimum Gasteiger partial charge on any atom is -0.312 e. The molecule has 2 rings (SSSR count). The first-order valence-corrected chi connectivity index (χ1v) is 8.09. The van der Waals surface area contributed by atoms with Crippen molar-refractivity contribution >= 4 is 0 Å². The van der Waals surface area contributed by atoms with Crippen molar-refractivity contribution in [3.05, 3.63) is 0 Å². The van der Waals surface area contributed by atoms with Gasteiger partial charge >= 0.3 is 6.18 Å². The smallest absolute Gasteiger partial charge is 0.312 e. The second-order valence-electron chi connectivity index (χ2n) is 6.70. The van der Waals surface area contributed by atoms with Crippen molar-refractivity contribution in [1.82, 2.24) is 15.1 Å². The Hall–Kier alpha value is -0.330. The summed E-state index contributed by atoms with van der Waals surface area (Å²) in [6, 6.07) is 0.422. The Morgan fingerprint density at radius 1 is 1.14 bits per heavy atom. The molecule has 2 fully saturated rings. The van der Waals surface area contributed by atoms with E-state index < -0.39 is 12.1 Å². The molecule has 1 N–H and O–H groups in total. The van der Waals surface area contributed by atoms with Crippen molar-refractivity contribution in [3.8, 4) is 0 Å². The summed E-state index contributed by atoms with van der Waals surface area (Å²) < 4.78 is 38.4. The van der Waals surface area contributed by atoms with E-state index in [0.29, 0.717) is 18.9 Å². The van der Waals surface area contributed by atoms with E-state index in [4.69, 9.17) is 0 Å². The van der Waals surface area contributed by atoms with E-state index in [-0.39, 0.29) is 12.5 Å². The number of nitrogens with zero attached hydrogens (tertiary/aromatic N) is 2. The minimum atomic E-state index is -4.02. The van der Waals surface area contributed by atoms with Crippen molar-refractivity contribution in [2.75, 3.05) is 39.8 Å². The van der Waals surface area contributed by atoms with Crippen LogP contribution in [0.2, 0.25) is 0 Å². The van der Waals surface area contributed by atoms with Gasteiger partial charge in [0.25, 0.3) is 0 Å². The third-order valence-corrected chi connectivity index (χ3v) is 5.00. The van der Waals surface area contributed by atoms with Crippen LogP contribution in [0.4, 0.5) is 13.2 Å². The van der Waals surface area contributed by atoms with Gasteiger partial charge in [0.2, 0.25) is 0 Å². The summed E-state index contributed by atoms with van der Waals surface area (Å²) in [5.41, 5.74) is 0. The van der Waals surface area contributed by atoms with Crippen LogP contribution >= 0.6 is 0 Å². The number of nitrogens with one attached hydrogen (secondary N) is 1. The quantitative estimate of drug-likeness (QED) is 0.860. The molecule has 0 unspecified atom stereocenters. The van der Waals surface area contributed by atoms with Crippen LogP contribution in [0.15, 0.2) is 0 Å². The van der Waals surface area contributed by atoms with Gasteiger partial charge in [-0.05, 0) is 33.2 Å². The average molecular weight is 307 g/mol. The molecule has 0 aromatic rings. The highest BCUT2D eigenvalue weighted by molar-refractivity contribution is 4.84. The molecule has 1 aliphatic carbocycles. The normalized spacial score (nSPS) is 31.3. The standard InChI is InChI=1S/C15H28F3N3/c1-12(21-8-6-20(2)7-9-21)11-19-14-5-3-4-13(10-14)15(16,17)18/h12-14,19H,3-11H2,1-2H3/t12-,13-,14+/m1/s1. The highest BCUT2D eigenvalue weighted by atomic mass is 19.4. The molecule has 1 heterocycles. The largest absolute Gasteiger partial charge is 0.391 e. The second kappa shape index (κ2) is 7.29. The number of hydrogen-bond acceptors (Lipinski definition) is 3. The predicted octanol–water partition coefficient (Wildman–Crippen LogP) is 2.33. The lowest BCUT2D eigenvalue weighted by atomic mass is 9.85. The molecular formula is C15H28F3N3. The SMILES string of the molecule is C[C@H](CN[C@H]1CCC[C@@H](C(F)(F)F)C1)N1CCN(C)CC1. The Labute approximate surface area is 125 Å². The lowest BCUT2D eigenvalue weighted by Crippen LogP contribution is -2.52. The van der Waals surface area contributed by atoms with Crippen LogP contribution in [0.3, 0.4) is 0 Å². The van der Waals surface area contributed by atoms with Crippen LogP contribution in [-0.4, -0.2) is 67.8 Å². The van der Waals surface area contributed by atoms with Gasteiger partial charge in [-0.3, -0.25) is 4.90 Å². The first kappa shape index (κ1) is 17.0. The molecule has 1 saturated carbocycles. The lowest BCUT2D eigenvalue weighted by molar-refractivity contribution is -0.183. The topological polar surface area (TPSA) is 18.5 Å². The van der Waals surface area contributed by atoms with E-state index in [1.54, 1.807) is 0 Å². The zero-order chi connectivity index (χ0) is 15.5. The summed E-state index contributed by atoms with van der Waals surface area (Å²) in [5, 5.41) is 3.38. The summed E-state index contributed by atoms with van der Waals surface area (Å²) in [6.45, 7) is 7.21. The van der Waals surface area contributed by atoms with Crippen LogP contribution in [0.5, 0.6) is 0 Å². The van der Waals surface area contributed by atoms with E-state index in [9.17, 15) is 13.2 Å². The van der Waals surface area contributed by atoms with Crippen molar-refractivity contribution in [1.29, 1.82) is 0 Å². The van der Waals surface area contributed by atoms with Gasteiger partial charge in [-0.2, -0.15) is 13.2 Å². The average Bonchev–Trinajstić information content (AvgIpc) is 2.45. The molecule has 1 aliphatic heterocycles. The van der Waals surface area contributed by atoms with Crippen LogP contribution in [0.25, 0.3) is 0 Å².